The molecule has 0 aromatic heterocycles. The van der Waals surface area contributed by atoms with Crippen molar-refractivity contribution in [2.24, 2.45) is 5.73 Å². The zero-order valence-electron chi connectivity index (χ0n) is 9.23. The molecule has 0 saturated heterocycles. The third-order valence-electron chi connectivity index (χ3n) is 2.15. The predicted molar refractivity (Wildman–Crippen MR) is 59.0 cm³/mol. The van der Waals surface area contributed by atoms with Crippen LogP contribution in [0.5, 0.6) is 11.5 Å². The van der Waals surface area contributed by atoms with Crippen LogP contribution in [-0.2, 0) is 6.42 Å². The first-order chi connectivity index (χ1) is 7.63. The molecule has 0 saturated carbocycles. The number of nitro benzene ring substituents is 1. The number of benzene rings is 1. The summed E-state index contributed by atoms with van der Waals surface area (Å²) in [4.78, 5) is 10.3. The first-order valence-corrected chi connectivity index (χ1v) is 4.73. The molecule has 1 rings (SSSR count). The lowest BCUT2D eigenvalue weighted by Crippen LogP contribution is -2.04. The van der Waals surface area contributed by atoms with Crippen LogP contribution >= 0.6 is 0 Å². The van der Waals surface area contributed by atoms with E-state index in [4.69, 9.17) is 15.2 Å². The fourth-order valence-corrected chi connectivity index (χ4v) is 1.45. The van der Waals surface area contributed by atoms with E-state index in [1.165, 1.54) is 20.3 Å². The summed E-state index contributed by atoms with van der Waals surface area (Å²) in [5.74, 6) is 0.480. The van der Waals surface area contributed by atoms with Crippen LogP contribution in [0, 0.1) is 10.1 Å². The SMILES string of the molecule is COc1cc(CCN)cc([N+](=O)[O-])c1OC. The molecule has 6 heteroatoms. The third kappa shape index (κ3) is 2.40. The summed E-state index contributed by atoms with van der Waals surface area (Å²) < 4.78 is 10.0. The molecule has 0 radical (unpaired) electrons. The minimum absolute atomic E-state index is 0.106. The minimum Gasteiger partial charge on any atom is -0.493 e. The maximum Gasteiger partial charge on any atom is 0.315 e. The second-order valence-corrected chi connectivity index (χ2v) is 3.15. The molecule has 0 bridgehead atoms. The highest BCUT2D eigenvalue weighted by molar-refractivity contribution is 5.58. The lowest BCUT2D eigenvalue weighted by molar-refractivity contribution is -0.385. The van der Waals surface area contributed by atoms with Crippen LogP contribution in [0.1, 0.15) is 5.56 Å². The van der Waals surface area contributed by atoms with Crippen molar-refractivity contribution in [2.75, 3.05) is 20.8 Å². The molecule has 0 amide bonds. The van der Waals surface area contributed by atoms with E-state index in [1.54, 1.807) is 6.07 Å². The molecule has 1 aromatic rings. The van der Waals surface area contributed by atoms with Crippen molar-refractivity contribution in [3.8, 4) is 11.5 Å². The Morgan fingerprint density at radius 3 is 2.50 bits per heavy atom. The van der Waals surface area contributed by atoms with Gasteiger partial charge in [-0.1, -0.05) is 0 Å². The summed E-state index contributed by atoms with van der Waals surface area (Å²) >= 11 is 0. The van der Waals surface area contributed by atoms with E-state index in [0.29, 0.717) is 18.7 Å². The number of nitrogens with two attached hydrogens (primary N) is 1. The molecule has 0 aliphatic carbocycles. The Hall–Kier alpha value is -1.82. The highest BCUT2D eigenvalue weighted by Crippen LogP contribution is 2.37. The maximum atomic E-state index is 10.8. The van der Waals surface area contributed by atoms with Gasteiger partial charge in [0.05, 0.1) is 19.1 Å². The van der Waals surface area contributed by atoms with E-state index in [9.17, 15) is 10.1 Å². The third-order valence-corrected chi connectivity index (χ3v) is 2.15. The van der Waals surface area contributed by atoms with Crippen LogP contribution < -0.4 is 15.2 Å². The number of nitro groups is 1. The molecule has 0 unspecified atom stereocenters. The van der Waals surface area contributed by atoms with E-state index in [2.05, 4.69) is 0 Å². The molecule has 88 valence electrons. The summed E-state index contributed by atoms with van der Waals surface area (Å²) in [7, 11) is 2.81. The molecule has 16 heavy (non-hydrogen) atoms. The minimum atomic E-state index is -0.499. The molecule has 2 N–H and O–H groups in total. The first-order valence-electron chi connectivity index (χ1n) is 4.73. The zero-order chi connectivity index (χ0) is 12.1. The van der Waals surface area contributed by atoms with E-state index >= 15 is 0 Å². The van der Waals surface area contributed by atoms with Gasteiger partial charge >= 0.3 is 5.69 Å². The van der Waals surface area contributed by atoms with E-state index in [0.717, 1.165) is 5.56 Å². The Labute approximate surface area is 93.1 Å². The largest absolute Gasteiger partial charge is 0.493 e. The Kier molecular flexibility index (Phi) is 4.07. The van der Waals surface area contributed by atoms with Gasteiger partial charge in [0.25, 0.3) is 0 Å². The fourth-order valence-electron chi connectivity index (χ4n) is 1.45. The summed E-state index contributed by atoms with van der Waals surface area (Å²) in [6, 6.07) is 3.15. The van der Waals surface area contributed by atoms with Gasteiger partial charge in [-0.25, -0.2) is 0 Å². The second-order valence-electron chi connectivity index (χ2n) is 3.15. The van der Waals surface area contributed by atoms with E-state index < -0.39 is 4.92 Å². The van der Waals surface area contributed by atoms with Crippen LogP contribution in [0.3, 0.4) is 0 Å². The molecular formula is C10H14N2O4. The van der Waals surface area contributed by atoms with Gasteiger partial charge in [-0.3, -0.25) is 10.1 Å². The molecule has 6 nitrogen and oxygen atoms in total. The van der Waals surface area contributed by atoms with Crippen molar-refractivity contribution in [1.82, 2.24) is 0 Å². The fraction of sp³-hybridized carbons (Fsp3) is 0.400. The monoisotopic (exact) mass is 226 g/mol. The van der Waals surface area contributed by atoms with Crippen molar-refractivity contribution in [3.63, 3.8) is 0 Å². The van der Waals surface area contributed by atoms with Crippen LogP contribution in [0.15, 0.2) is 12.1 Å². The van der Waals surface area contributed by atoms with Crippen molar-refractivity contribution in [3.05, 3.63) is 27.8 Å². The average Bonchev–Trinajstić information content (AvgIpc) is 2.28. The molecule has 0 fully saturated rings. The van der Waals surface area contributed by atoms with Gasteiger partial charge in [-0.05, 0) is 24.6 Å². The molecule has 0 atom stereocenters. The number of rotatable bonds is 5. The van der Waals surface area contributed by atoms with Gasteiger partial charge in [-0.2, -0.15) is 0 Å². The molecular weight excluding hydrogens is 212 g/mol. The standard InChI is InChI=1S/C10H14N2O4/c1-15-9-6-7(3-4-11)5-8(12(13)14)10(9)16-2/h5-6H,3-4,11H2,1-2H3. The lowest BCUT2D eigenvalue weighted by atomic mass is 10.1. The van der Waals surface area contributed by atoms with Crippen molar-refractivity contribution in [1.29, 1.82) is 0 Å². The summed E-state index contributed by atoms with van der Waals surface area (Å²) in [5.41, 5.74) is 6.06. The van der Waals surface area contributed by atoms with Crippen LogP contribution in [0.2, 0.25) is 0 Å². The van der Waals surface area contributed by atoms with Crippen molar-refractivity contribution < 1.29 is 14.4 Å². The average molecular weight is 226 g/mol. The van der Waals surface area contributed by atoms with E-state index in [-0.39, 0.29) is 11.4 Å². The topological polar surface area (TPSA) is 87.6 Å². The Bertz CT molecular complexity index is 393. The molecule has 0 aliphatic heterocycles. The van der Waals surface area contributed by atoms with Gasteiger partial charge in [0, 0.05) is 6.07 Å². The van der Waals surface area contributed by atoms with Crippen LogP contribution in [-0.4, -0.2) is 25.7 Å². The number of ether oxygens (including phenoxy) is 2. The van der Waals surface area contributed by atoms with Gasteiger partial charge in [0.2, 0.25) is 5.75 Å². The van der Waals surface area contributed by atoms with Crippen molar-refractivity contribution >= 4 is 5.69 Å². The second kappa shape index (κ2) is 5.32. The molecule has 0 heterocycles. The molecule has 1 aromatic carbocycles. The van der Waals surface area contributed by atoms with Crippen LogP contribution in [0.25, 0.3) is 0 Å². The number of hydrogen-bond donors (Lipinski definition) is 1. The summed E-state index contributed by atoms with van der Waals surface area (Å²) in [5, 5.41) is 10.8. The number of nitrogens with zero attached hydrogens (tertiary/aromatic N) is 1. The lowest BCUT2D eigenvalue weighted by Gasteiger charge is -2.09. The van der Waals surface area contributed by atoms with Gasteiger partial charge in [0.15, 0.2) is 5.75 Å². The van der Waals surface area contributed by atoms with Gasteiger partial charge in [-0.15, -0.1) is 0 Å². The Morgan fingerprint density at radius 2 is 2.06 bits per heavy atom. The highest BCUT2D eigenvalue weighted by Gasteiger charge is 2.21. The number of methoxy groups -OCH3 is 2. The number of hydrogen-bond acceptors (Lipinski definition) is 5. The maximum absolute atomic E-state index is 10.8. The van der Waals surface area contributed by atoms with Crippen LogP contribution in [0.4, 0.5) is 5.69 Å². The van der Waals surface area contributed by atoms with E-state index in [1.807, 2.05) is 0 Å². The Morgan fingerprint density at radius 1 is 1.38 bits per heavy atom. The zero-order valence-corrected chi connectivity index (χ0v) is 9.23. The normalized spacial score (nSPS) is 9.94. The quantitative estimate of drug-likeness (QED) is 0.600. The summed E-state index contributed by atoms with van der Waals surface area (Å²) in [6.07, 6.45) is 0.557. The van der Waals surface area contributed by atoms with Crippen molar-refractivity contribution in [2.45, 2.75) is 6.42 Å². The highest BCUT2D eigenvalue weighted by atomic mass is 16.6. The Balaban J connectivity index is 3.31. The smallest absolute Gasteiger partial charge is 0.315 e. The molecule has 0 spiro atoms. The predicted octanol–water partition coefficient (Wildman–Crippen LogP) is 1.11. The first kappa shape index (κ1) is 12.3. The van der Waals surface area contributed by atoms with Gasteiger partial charge in [0.1, 0.15) is 0 Å². The molecule has 0 aliphatic rings. The summed E-state index contributed by atoms with van der Waals surface area (Å²) in [6.45, 7) is 0.423. The van der Waals surface area contributed by atoms with Gasteiger partial charge < -0.3 is 15.2 Å².